The van der Waals surface area contributed by atoms with Gasteiger partial charge in [0.1, 0.15) is 11.5 Å². The molecule has 0 saturated carbocycles. The predicted octanol–water partition coefficient (Wildman–Crippen LogP) is 2.71. The predicted molar refractivity (Wildman–Crippen MR) is 100 cm³/mol. The summed E-state index contributed by atoms with van der Waals surface area (Å²) < 4.78 is 5.74. The summed E-state index contributed by atoms with van der Waals surface area (Å²) in [5.74, 6) is -0.334. The Labute approximate surface area is 158 Å². The summed E-state index contributed by atoms with van der Waals surface area (Å²) in [6.45, 7) is 5.30. The maximum atomic E-state index is 12.7. The van der Waals surface area contributed by atoms with Crippen LogP contribution in [0.25, 0.3) is 0 Å². The van der Waals surface area contributed by atoms with Gasteiger partial charge >= 0.3 is 5.97 Å². The van der Waals surface area contributed by atoms with E-state index in [1.807, 2.05) is 36.9 Å². The molecule has 1 aliphatic rings. The summed E-state index contributed by atoms with van der Waals surface area (Å²) in [5.41, 5.74) is 1.49. The molecule has 7 nitrogen and oxygen atoms in total. The van der Waals surface area contributed by atoms with Crippen molar-refractivity contribution < 1.29 is 19.1 Å². The number of nitrogens with zero attached hydrogens (tertiary/aromatic N) is 2. The fourth-order valence-corrected chi connectivity index (χ4v) is 3.39. The number of aliphatic carboxylic acids is 1. The first-order valence-corrected chi connectivity index (χ1v) is 9.21. The second-order valence-electron chi connectivity index (χ2n) is 7.06. The van der Waals surface area contributed by atoms with Gasteiger partial charge in [-0.1, -0.05) is 6.92 Å². The third-order valence-electron chi connectivity index (χ3n) is 4.87. The molecule has 1 fully saturated rings. The SMILES string of the molecule is CCc1ccc(CN2C[C@H](C(=O)O)C[C@@H](C(=O)Nc3ccc(C)nc3)C2)o1. The van der Waals surface area contributed by atoms with Gasteiger partial charge in [0, 0.05) is 25.2 Å². The van der Waals surface area contributed by atoms with Crippen LogP contribution in [-0.4, -0.2) is 40.0 Å². The molecular weight excluding hydrogens is 346 g/mol. The van der Waals surface area contributed by atoms with Gasteiger partial charge in [0.2, 0.25) is 5.91 Å². The summed E-state index contributed by atoms with van der Waals surface area (Å²) >= 11 is 0. The van der Waals surface area contributed by atoms with Gasteiger partial charge in [-0.05, 0) is 37.6 Å². The van der Waals surface area contributed by atoms with E-state index in [-0.39, 0.29) is 5.91 Å². The highest BCUT2D eigenvalue weighted by molar-refractivity contribution is 5.93. The molecule has 3 rings (SSSR count). The lowest BCUT2D eigenvalue weighted by Gasteiger charge is -2.35. The minimum absolute atomic E-state index is 0.176. The van der Waals surface area contributed by atoms with Crippen molar-refractivity contribution in [3.8, 4) is 0 Å². The molecule has 0 bridgehead atoms. The van der Waals surface area contributed by atoms with E-state index in [1.165, 1.54) is 0 Å². The zero-order chi connectivity index (χ0) is 19.4. The van der Waals surface area contributed by atoms with Crippen molar-refractivity contribution in [2.45, 2.75) is 33.2 Å². The second-order valence-corrected chi connectivity index (χ2v) is 7.06. The smallest absolute Gasteiger partial charge is 0.307 e. The zero-order valence-electron chi connectivity index (χ0n) is 15.6. The van der Waals surface area contributed by atoms with Crippen molar-refractivity contribution in [1.82, 2.24) is 9.88 Å². The van der Waals surface area contributed by atoms with Gasteiger partial charge in [-0.3, -0.25) is 19.5 Å². The van der Waals surface area contributed by atoms with Crippen molar-refractivity contribution >= 4 is 17.6 Å². The summed E-state index contributed by atoms with van der Waals surface area (Å²) in [7, 11) is 0. The van der Waals surface area contributed by atoms with Crippen molar-refractivity contribution in [2.75, 3.05) is 18.4 Å². The average Bonchev–Trinajstić information content (AvgIpc) is 3.10. The third-order valence-corrected chi connectivity index (χ3v) is 4.87. The molecule has 7 heteroatoms. The van der Waals surface area contributed by atoms with Crippen LogP contribution in [0.5, 0.6) is 0 Å². The number of piperidine rings is 1. The lowest BCUT2D eigenvalue weighted by Crippen LogP contribution is -2.46. The summed E-state index contributed by atoms with van der Waals surface area (Å²) in [4.78, 5) is 30.4. The second kappa shape index (κ2) is 8.35. The molecule has 1 amide bonds. The van der Waals surface area contributed by atoms with Crippen LogP contribution in [0.15, 0.2) is 34.9 Å². The highest BCUT2D eigenvalue weighted by Gasteiger charge is 2.35. The molecule has 1 saturated heterocycles. The number of aryl methyl sites for hydroxylation is 2. The van der Waals surface area contributed by atoms with E-state index >= 15 is 0 Å². The zero-order valence-corrected chi connectivity index (χ0v) is 15.6. The number of pyridine rings is 1. The number of amides is 1. The molecule has 0 spiro atoms. The van der Waals surface area contributed by atoms with Crippen molar-refractivity contribution in [2.24, 2.45) is 11.8 Å². The Bertz CT molecular complexity index is 800. The number of carboxylic acid groups (broad SMARTS) is 1. The Hall–Kier alpha value is -2.67. The van der Waals surface area contributed by atoms with Gasteiger partial charge in [0.05, 0.1) is 30.3 Å². The van der Waals surface area contributed by atoms with E-state index in [0.717, 1.165) is 23.6 Å². The number of rotatable bonds is 6. The quantitative estimate of drug-likeness (QED) is 0.811. The number of aromatic nitrogens is 1. The average molecular weight is 371 g/mol. The number of likely N-dealkylation sites (tertiary alicyclic amines) is 1. The minimum atomic E-state index is -0.872. The molecule has 0 radical (unpaired) electrons. The monoisotopic (exact) mass is 371 g/mol. The van der Waals surface area contributed by atoms with E-state index in [4.69, 9.17) is 4.42 Å². The van der Waals surface area contributed by atoms with Gasteiger partial charge in [0.15, 0.2) is 0 Å². The van der Waals surface area contributed by atoms with Crippen LogP contribution in [0, 0.1) is 18.8 Å². The maximum absolute atomic E-state index is 12.7. The van der Waals surface area contributed by atoms with Crippen molar-refractivity contribution in [3.63, 3.8) is 0 Å². The molecule has 2 N–H and O–H groups in total. The third kappa shape index (κ3) is 4.95. The Morgan fingerprint density at radius 1 is 1.22 bits per heavy atom. The number of nitrogens with one attached hydrogen (secondary N) is 1. The molecule has 2 atom stereocenters. The lowest BCUT2D eigenvalue weighted by molar-refractivity contribution is -0.145. The van der Waals surface area contributed by atoms with Crippen LogP contribution in [-0.2, 0) is 22.6 Å². The van der Waals surface area contributed by atoms with Crippen molar-refractivity contribution in [1.29, 1.82) is 0 Å². The Kier molecular flexibility index (Phi) is 5.91. The number of furan rings is 1. The van der Waals surface area contributed by atoms with Crippen LogP contribution in [0.4, 0.5) is 5.69 Å². The molecule has 0 aliphatic carbocycles. The molecule has 144 valence electrons. The van der Waals surface area contributed by atoms with Crippen LogP contribution in [0.3, 0.4) is 0 Å². The van der Waals surface area contributed by atoms with Crippen LogP contribution in [0.1, 0.15) is 30.6 Å². The van der Waals surface area contributed by atoms with Gasteiger partial charge < -0.3 is 14.8 Å². The van der Waals surface area contributed by atoms with Gasteiger partial charge in [0.25, 0.3) is 0 Å². The van der Waals surface area contributed by atoms with E-state index in [0.29, 0.717) is 31.7 Å². The molecular formula is C20H25N3O4. The molecule has 27 heavy (non-hydrogen) atoms. The van der Waals surface area contributed by atoms with Gasteiger partial charge in [-0.25, -0.2) is 0 Å². The van der Waals surface area contributed by atoms with Crippen LogP contribution < -0.4 is 5.32 Å². The number of carbonyl (C=O) groups is 2. The summed E-state index contributed by atoms with van der Waals surface area (Å²) in [6.07, 6.45) is 2.75. The standard InChI is InChI=1S/C20H25N3O4/c1-3-17-6-7-18(27-17)12-23-10-14(8-15(11-23)20(25)26)19(24)22-16-5-4-13(2)21-9-16/h4-7,9,14-15H,3,8,10-12H2,1-2H3,(H,22,24)(H,25,26)/t14-,15-/m1/s1. The molecule has 2 aromatic rings. The largest absolute Gasteiger partial charge is 0.481 e. The number of carboxylic acids is 1. The first-order valence-electron chi connectivity index (χ1n) is 9.21. The fraction of sp³-hybridized carbons (Fsp3) is 0.450. The summed E-state index contributed by atoms with van der Waals surface area (Å²) in [6, 6.07) is 7.47. The normalized spacial score (nSPS) is 20.4. The minimum Gasteiger partial charge on any atom is -0.481 e. The van der Waals surface area contributed by atoms with E-state index < -0.39 is 17.8 Å². The van der Waals surface area contributed by atoms with Crippen LogP contribution in [0.2, 0.25) is 0 Å². The van der Waals surface area contributed by atoms with E-state index in [2.05, 4.69) is 10.3 Å². The first-order chi connectivity index (χ1) is 12.9. The molecule has 2 aromatic heterocycles. The highest BCUT2D eigenvalue weighted by atomic mass is 16.4. The Balaban J connectivity index is 1.68. The topological polar surface area (TPSA) is 95.7 Å². The molecule has 3 heterocycles. The Morgan fingerprint density at radius 3 is 2.59 bits per heavy atom. The fourth-order valence-electron chi connectivity index (χ4n) is 3.39. The number of anilines is 1. The van der Waals surface area contributed by atoms with E-state index in [1.54, 1.807) is 12.3 Å². The first kappa shape index (κ1) is 19.1. The van der Waals surface area contributed by atoms with Crippen LogP contribution >= 0.6 is 0 Å². The number of hydrogen-bond donors (Lipinski definition) is 2. The lowest BCUT2D eigenvalue weighted by atomic mass is 9.88. The highest BCUT2D eigenvalue weighted by Crippen LogP contribution is 2.25. The number of hydrogen-bond acceptors (Lipinski definition) is 5. The number of carbonyl (C=O) groups excluding carboxylic acids is 1. The maximum Gasteiger partial charge on any atom is 0.307 e. The molecule has 0 aromatic carbocycles. The molecule has 0 unspecified atom stereocenters. The van der Waals surface area contributed by atoms with E-state index in [9.17, 15) is 14.7 Å². The Morgan fingerprint density at radius 2 is 1.96 bits per heavy atom. The van der Waals surface area contributed by atoms with Gasteiger partial charge in [-0.15, -0.1) is 0 Å². The van der Waals surface area contributed by atoms with Gasteiger partial charge in [-0.2, -0.15) is 0 Å². The molecule has 1 aliphatic heterocycles. The van der Waals surface area contributed by atoms with Crippen molar-refractivity contribution in [3.05, 3.63) is 47.7 Å². The summed E-state index contributed by atoms with van der Waals surface area (Å²) in [5, 5.41) is 12.3.